The summed E-state index contributed by atoms with van der Waals surface area (Å²) in [6, 6.07) is 8.33. The molecular weight excluding hydrogens is 479 g/mol. The van der Waals surface area contributed by atoms with Crippen LogP contribution in [0.25, 0.3) is 5.69 Å². The first kappa shape index (κ1) is 25.4. The van der Waals surface area contributed by atoms with Crippen LogP contribution in [0.3, 0.4) is 0 Å². The van der Waals surface area contributed by atoms with Crippen molar-refractivity contribution < 1.29 is 23.5 Å². The number of carbonyl (C=O) groups excluding carboxylic acids is 3. The van der Waals surface area contributed by atoms with E-state index in [0.717, 1.165) is 19.4 Å². The van der Waals surface area contributed by atoms with Gasteiger partial charge in [0.2, 0.25) is 11.8 Å². The van der Waals surface area contributed by atoms with Gasteiger partial charge < -0.3 is 21.1 Å². The van der Waals surface area contributed by atoms with Gasteiger partial charge in [-0.15, -0.1) is 0 Å². The van der Waals surface area contributed by atoms with E-state index in [9.17, 15) is 23.6 Å². The number of ether oxygens (including phenoxy) is 1. The minimum atomic E-state index is -1.08. The quantitative estimate of drug-likeness (QED) is 0.376. The van der Waals surface area contributed by atoms with E-state index in [1.54, 1.807) is 12.1 Å². The number of pyridine rings is 1. The number of amides is 2. The molecule has 1 aromatic carbocycles. The van der Waals surface area contributed by atoms with Gasteiger partial charge in [-0.2, -0.15) is 0 Å². The molecule has 2 amide bonds. The van der Waals surface area contributed by atoms with Crippen molar-refractivity contribution >= 4 is 35.1 Å². The van der Waals surface area contributed by atoms with E-state index in [1.165, 1.54) is 41.1 Å². The van der Waals surface area contributed by atoms with E-state index in [-0.39, 0.29) is 27.7 Å². The summed E-state index contributed by atoms with van der Waals surface area (Å²) in [6.07, 6.45) is 5.41. The molecule has 0 radical (unpaired) electrons. The first-order chi connectivity index (χ1) is 16.7. The number of carbonyl (C=O) groups is 3. The Balaban J connectivity index is 1.73. The average molecular weight is 501 g/mol. The lowest BCUT2D eigenvalue weighted by Gasteiger charge is -2.10. The lowest BCUT2D eigenvalue weighted by Crippen LogP contribution is -2.26. The molecule has 1 aliphatic rings. The number of methoxy groups -OCH3 is 1. The summed E-state index contributed by atoms with van der Waals surface area (Å²) in [5.41, 5.74) is 5.15. The molecule has 2 aromatic rings. The average Bonchev–Trinajstić information content (AvgIpc) is 3.60. The van der Waals surface area contributed by atoms with Crippen molar-refractivity contribution in [1.29, 1.82) is 0 Å². The van der Waals surface area contributed by atoms with E-state index in [2.05, 4.69) is 17.2 Å². The summed E-state index contributed by atoms with van der Waals surface area (Å²) in [5, 5.41) is 5.09. The van der Waals surface area contributed by atoms with E-state index in [0.29, 0.717) is 0 Å². The van der Waals surface area contributed by atoms with Crippen molar-refractivity contribution in [3.05, 3.63) is 94.4 Å². The summed E-state index contributed by atoms with van der Waals surface area (Å²) in [7, 11) is 1.14. The van der Waals surface area contributed by atoms with Crippen molar-refractivity contribution in [1.82, 2.24) is 9.88 Å². The van der Waals surface area contributed by atoms with Crippen LogP contribution in [0.5, 0.6) is 0 Å². The molecule has 3 atom stereocenters. The molecular formula is C24H22ClFN4O5. The van der Waals surface area contributed by atoms with E-state index in [1.807, 2.05) is 0 Å². The van der Waals surface area contributed by atoms with Crippen LogP contribution in [0, 0.1) is 23.6 Å². The Morgan fingerprint density at radius 2 is 1.86 bits per heavy atom. The van der Waals surface area contributed by atoms with Gasteiger partial charge in [-0.1, -0.05) is 24.2 Å². The number of aromatic nitrogens is 1. The van der Waals surface area contributed by atoms with Crippen LogP contribution in [0.1, 0.15) is 0 Å². The van der Waals surface area contributed by atoms with Crippen LogP contribution in [0.4, 0.5) is 10.1 Å². The molecule has 0 unspecified atom stereocenters. The summed E-state index contributed by atoms with van der Waals surface area (Å²) in [4.78, 5) is 49.6. The highest BCUT2D eigenvalue weighted by molar-refractivity contribution is 6.31. The third-order valence-electron chi connectivity index (χ3n) is 5.30. The number of halogens is 2. The topological polar surface area (TPSA) is 133 Å². The molecule has 35 heavy (non-hydrogen) atoms. The van der Waals surface area contributed by atoms with Crippen molar-refractivity contribution in [2.45, 2.75) is 0 Å². The lowest BCUT2D eigenvalue weighted by molar-refractivity contribution is -0.144. The van der Waals surface area contributed by atoms with Gasteiger partial charge in [0.1, 0.15) is 5.82 Å². The zero-order valence-electron chi connectivity index (χ0n) is 18.5. The first-order valence-electron chi connectivity index (χ1n) is 10.3. The number of nitrogens with zero attached hydrogens (tertiary/aromatic N) is 1. The second-order valence-electron chi connectivity index (χ2n) is 7.56. The standard InChI is InChI=1S/C24H22ClFN4O5/c1-13(6-7-14(25)12-27)28-22(32)19-20(21(19)24(34)35-2)23(33)29-17-9-8-15(11-16(17)26)30-10-4-3-5-18(30)31/h3-12,19-21H,1,27H2,2H3,(H,28,32)(H,29,33)/b7-6-,14-12+/t19-,20+,21+/m1/s1. The molecule has 1 aliphatic carbocycles. The largest absolute Gasteiger partial charge is 0.469 e. The Kier molecular flexibility index (Phi) is 7.87. The van der Waals surface area contributed by atoms with E-state index in [4.69, 9.17) is 22.1 Å². The molecule has 0 saturated heterocycles. The molecule has 4 N–H and O–H groups in total. The van der Waals surface area contributed by atoms with Crippen LogP contribution in [0.15, 0.2) is 83.0 Å². The third kappa shape index (κ3) is 5.85. The number of esters is 1. The minimum absolute atomic E-state index is 0.155. The maximum Gasteiger partial charge on any atom is 0.310 e. The van der Waals surface area contributed by atoms with Crippen molar-refractivity contribution in [3.63, 3.8) is 0 Å². The van der Waals surface area contributed by atoms with Crippen LogP contribution in [-0.4, -0.2) is 29.5 Å². The van der Waals surface area contributed by atoms with Gasteiger partial charge in [0.05, 0.1) is 41.3 Å². The fourth-order valence-corrected chi connectivity index (χ4v) is 3.59. The highest BCUT2D eigenvalue weighted by Gasteiger charge is 2.63. The maximum absolute atomic E-state index is 14.7. The van der Waals surface area contributed by atoms with Gasteiger partial charge in [-0.25, -0.2) is 4.39 Å². The second kappa shape index (κ2) is 10.8. The van der Waals surface area contributed by atoms with E-state index < -0.39 is 41.4 Å². The second-order valence-corrected chi connectivity index (χ2v) is 8.00. The van der Waals surface area contributed by atoms with Gasteiger partial charge >= 0.3 is 5.97 Å². The van der Waals surface area contributed by atoms with Crippen molar-refractivity contribution in [3.8, 4) is 5.69 Å². The smallest absolute Gasteiger partial charge is 0.310 e. The fourth-order valence-electron chi connectivity index (χ4n) is 3.52. The summed E-state index contributed by atoms with van der Waals surface area (Å²) < 4.78 is 20.6. The molecule has 1 fully saturated rings. The number of anilines is 1. The molecule has 1 aromatic heterocycles. The number of nitrogens with one attached hydrogen (secondary N) is 2. The number of nitrogens with two attached hydrogens (primary N) is 1. The van der Waals surface area contributed by atoms with Crippen molar-refractivity contribution in [2.75, 3.05) is 12.4 Å². The predicted octanol–water partition coefficient (Wildman–Crippen LogP) is 2.18. The number of rotatable bonds is 8. The lowest BCUT2D eigenvalue weighted by atomic mass is 10.2. The van der Waals surface area contributed by atoms with E-state index >= 15 is 0 Å². The van der Waals surface area contributed by atoms with Gasteiger partial charge in [0, 0.05) is 30.2 Å². The molecule has 0 aliphatic heterocycles. The molecule has 11 heteroatoms. The number of hydrogen-bond donors (Lipinski definition) is 3. The van der Waals surface area contributed by atoms with Gasteiger partial charge in [-0.3, -0.25) is 23.7 Å². The van der Waals surface area contributed by atoms with Crippen molar-refractivity contribution in [2.24, 2.45) is 23.5 Å². The first-order valence-corrected chi connectivity index (χ1v) is 10.7. The number of benzene rings is 1. The van der Waals surface area contributed by atoms with Crippen LogP contribution in [0.2, 0.25) is 0 Å². The molecule has 1 saturated carbocycles. The molecule has 0 spiro atoms. The van der Waals surface area contributed by atoms with Gasteiger partial charge in [0.25, 0.3) is 5.56 Å². The Labute approximate surface area is 204 Å². The highest BCUT2D eigenvalue weighted by Crippen LogP contribution is 2.48. The fraction of sp³-hybridized carbons (Fsp3) is 0.167. The third-order valence-corrected chi connectivity index (χ3v) is 5.55. The summed E-state index contributed by atoms with van der Waals surface area (Å²) >= 11 is 5.75. The Bertz CT molecular complexity index is 1300. The minimum Gasteiger partial charge on any atom is -0.469 e. The number of hydrogen-bond acceptors (Lipinski definition) is 6. The summed E-state index contributed by atoms with van der Waals surface area (Å²) in [5.74, 6) is -6.09. The predicted molar refractivity (Wildman–Crippen MR) is 128 cm³/mol. The summed E-state index contributed by atoms with van der Waals surface area (Å²) in [6.45, 7) is 3.65. The van der Waals surface area contributed by atoms with Crippen LogP contribution < -0.4 is 21.9 Å². The normalized spacial score (nSPS) is 19.2. The molecule has 1 heterocycles. The molecule has 0 bridgehead atoms. The molecule has 182 valence electrons. The Hall–Kier alpha value is -4.18. The monoisotopic (exact) mass is 500 g/mol. The zero-order chi connectivity index (χ0) is 25.7. The zero-order valence-corrected chi connectivity index (χ0v) is 19.3. The van der Waals surface area contributed by atoms with Crippen LogP contribution >= 0.6 is 11.6 Å². The maximum atomic E-state index is 14.7. The number of allylic oxidation sites excluding steroid dienone is 3. The highest BCUT2D eigenvalue weighted by atomic mass is 35.5. The molecule has 9 nitrogen and oxygen atoms in total. The molecule has 3 rings (SSSR count). The SMILES string of the molecule is C=C(/C=C\C(Cl)=C/N)NC(=O)[C@@H]1[C@H](C(=O)Nc2ccc(-n3ccccc3=O)cc2F)[C@H]1C(=O)OC. The van der Waals surface area contributed by atoms with Gasteiger partial charge in [0.15, 0.2) is 0 Å². The Morgan fingerprint density at radius 1 is 1.14 bits per heavy atom. The van der Waals surface area contributed by atoms with Crippen LogP contribution in [-0.2, 0) is 19.1 Å². The van der Waals surface area contributed by atoms with Gasteiger partial charge in [-0.05, 0) is 30.4 Å². The Morgan fingerprint density at radius 3 is 2.49 bits per heavy atom.